The highest BCUT2D eigenvalue weighted by molar-refractivity contribution is 6.03. The Morgan fingerprint density at radius 2 is 2.04 bits per heavy atom. The zero-order chi connectivity index (χ0) is 16.2. The third-order valence-electron chi connectivity index (χ3n) is 4.07. The van der Waals surface area contributed by atoms with Gasteiger partial charge in [0.15, 0.2) is 0 Å². The molecule has 3 rings (SSSR count). The summed E-state index contributed by atoms with van der Waals surface area (Å²) < 4.78 is 30.3. The quantitative estimate of drug-likeness (QED) is 0.812. The highest BCUT2D eigenvalue weighted by Crippen LogP contribution is 2.21. The lowest BCUT2D eigenvalue weighted by molar-refractivity contribution is 0.00243. The maximum Gasteiger partial charge on any atom is 0.339 e. The van der Waals surface area contributed by atoms with Crippen LogP contribution >= 0.6 is 0 Å². The summed E-state index contributed by atoms with van der Waals surface area (Å²) in [6.45, 7) is 0.842. The first-order valence-corrected chi connectivity index (χ1v) is 7.68. The molecule has 1 aliphatic rings. The molecule has 0 N–H and O–H groups in total. The van der Waals surface area contributed by atoms with Gasteiger partial charge in [-0.3, -0.25) is 9.88 Å². The van der Waals surface area contributed by atoms with Crippen LogP contribution in [-0.2, 0) is 4.74 Å². The number of alkyl halides is 2. The molecule has 1 fully saturated rings. The average molecular weight is 320 g/mol. The van der Waals surface area contributed by atoms with Gasteiger partial charge in [0.2, 0.25) is 0 Å². The van der Waals surface area contributed by atoms with Crippen molar-refractivity contribution < 1.29 is 18.3 Å². The predicted molar refractivity (Wildman–Crippen MR) is 82.6 cm³/mol. The van der Waals surface area contributed by atoms with Crippen LogP contribution in [0.25, 0.3) is 10.9 Å². The Morgan fingerprint density at radius 1 is 1.26 bits per heavy atom. The number of pyridine rings is 1. The number of aromatic nitrogens is 1. The lowest BCUT2D eigenvalue weighted by Gasteiger charge is -2.31. The molecule has 1 aromatic heterocycles. The molecule has 0 unspecified atom stereocenters. The van der Waals surface area contributed by atoms with E-state index in [4.69, 9.17) is 4.74 Å². The molecule has 0 radical (unpaired) electrons. The molecular weight excluding hydrogens is 302 g/mol. The van der Waals surface area contributed by atoms with E-state index >= 15 is 0 Å². The zero-order valence-electron chi connectivity index (χ0n) is 12.6. The maximum atomic E-state index is 12.4. The Balaban J connectivity index is 1.63. The number of piperidine rings is 1. The van der Waals surface area contributed by atoms with Gasteiger partial charge in [-0.05, 0) is 31.0 Å². The van der Waals surface area contributed by atoms with Crippen molar-refractivity contribution in [3.05, 3.63) is 42.1 Å². The van der Waals surface area contributed by atoms with Crippen molar-refractivity contribution in [2.45, 2.75) is 25.4 Å². The van der Waals surface area contributed by atoms with E-state index in [9.17, 15) is 13.6 Å². The number of hydrogen-bond acceptors (Lipinski definition) is 4. The molecule has 0 spiro atoms. The molecule has 0 amide bonds. The van der Waals surface area contributed by atoms with E-state index < -0.39 is 6.43 Å². The largest absolute Gasteiger partial charge is 0.459 e. The van der Waals surface area contributed by atoms with Gasteiger partial charge in [0, 0.05) is 24.7 Å². The monoisotopic (exact) mass is 320 g/mol. The summed E-state index contributed by atoms with van der Waals surface area (Å²) in [6.07, 6.45) is 0.305. The Labute approximate surface area is 133 Å². The molecule has 0 aliphatic carbocycles. The van der Waals surface area contributed by atoms with Crippen molar-refractivity contribution in [1.82, 2.24) is 9.88 Å². The van der Waals surface area contributed by atoms with Crippen molar-refractivity contribution in [3.8, 4) is 0 Å². The molecule has 0 saturated carbocycles. The van der Waals surface area contributed by atoms with Gasteiger partial charge >= 0.3 is 5.97 Å². The van der Waals surface area contributed by atoms with Crippen LogP contribution in [0.4, 0.5) is 8.78 Å². The molecule has 0 atom stereocenters. The van der Waals surface area contributed by atoms with Crippen LogP contribution in [0.5, 0.6) is 0 Å². The van der Waals surface area contributed by atoms with Gasteiger partial charge < -0.3 is 4.74 Å². The fourth-order valence-electron chi connectivity index (χ4n) is 2.90. The molecule has 0 bridgehead atoms. The van der Waals surface area contributed by atoms with Gasteiger partial charge in [-0.25, -0.2) is 13.6 Å². The smallest absolute Gasteiger partial charge is 0.339 e. The number of carbonyl (C=O) groups is 1. The topological polar surface area (TPSA) is 42.4 Å². The molecule has 2 heterocycles. The molecule has 1 aliphatic heterocycles. The summed E-state index contributed by atoms with van der Waals surface area (Å²) in [6, 6.07) is 8.95. The number of hydrogen-bond donors (Lipinski definition) is 0. The molecule has 2 aromatic rings. The van der Waals surface area contributed by atoms with Crippen LogP contribution in [-0.4, -0.2) is 48.0 Å². The van der Waals surface area contributed by atoms with Crippen LogP contribution in [0.15, 0.2) is 36.5 Å². The Bertz CT molecular complexity index is 680. The van der Waals surface area contributed by atoms with E-state index in [1.54, 1.807) is 29.3 Å². The summed E-state index contributed by atoms with van der Waals surface area (Å²) in [4.78, 5) is 18.3. The minimum Gasteiger partial charge on any atom is -0.459 e. The number of benzene rings is 1. The van der Waals surface area contributed by atoms with Gasteiger partial charge in [-0.2, -0.15) is 0 Å². The van der Waals surface area contributed by atoms with Crippen LogP contribution in [0.2, 0.25) is 0 Å². The van der Waals surface area contributed by atoms with E-state index in [-0.39, 0.29) is 18.6 Å². The standard InChI is InChI=1S/C17H18F2N2O2/c18-16(19)11-21-9-6-12(7-10-21)23-17(22)14-3-1-5-15-13(14)4-2-8-20-15/h1-5,8,12,16H,6-7,9-11H2. The number of ether oxygens (including phenoxy) is 1. The predicted octanol–water partition coefficient (Wildman–Crippen LogP) is 3.12. The van der Waals surface area contributed by atoms with Crippen LogP contribution in [0.3, 0.4) is 0 Å². The first-order chi connectivity index (χ1) is 11.1. The molecule has 23 heavy (non-hydrogen) atoms. The third kappa shape index (κ3) is 3.82. The lowest BCUT2D eigenvalue weighted by Crippen LogP contribution is -2.40. The Morgan fingerprint density at radius 3 is 2.78 bits per heavy atom. The summed E-state index contributed by atoms with van der Waals surface area (Å²) in [5.74, 6) is -0.379. The number of esters is 1. The van der Waals surface area contributed by atoms with E-state index in [0.29, 0.717) is 31.5 Å². The van der Waals surface area contributed by atoms with Crippen molar-refractivity contribution in [2.24, 2.45) is 0 Å². The molecule has 6 heteroatoms. The van der Waals surface area contributed by atoms with E-state index in [1.165, 1.54) is 0 Å². The molecule has 4 nitrogen and oxygen atoms in total. The fraction of sp³-hybridized carbons (Fsp3) is 0.412. The van der Waals surface area contributed by atoms with E-state index in [2.05, 4.69) is 4.98 Å². The number of nitrogens with zero attached hydrogens (tertiary/aromatic N) is 2. The first kappa shape index (κ1) is 15.8. The maximum absolute atomic E-state index is 12.4. The van der Waals surface area contributed by atoms with Crippen molar-refractivity contribution in [1.29, 1.82) is 0 Å². The normalized spacial score (nSPS) is 16.8. The number of halogens is 2. The Kier molecular flexibility index (Phi) is 4.81. The first-order valence-electron chi connectivity index (χ1n) is 7.68. The third-order valence-corrected chi connectivity index (χ3v) is 4.07. The Hall–Kier alpha value is -2.08. The van der Waals surface area contributed by atoms with Crippen LogP contribution in [0.1, 0.15) is 23.2 Å². The number of fused-ring (bicyclic) bond motifs is 1. The fourth-order valence-corrected chi connectivity index (χ4v) is 2.90. The van der Waals surface area contributed by atoms with Crippen LogP contribution in [0, 0.1) is 0 Å². The highest BCUT2D eigenvalue weighted by Gasteiger charge is 2.24. The summed E-state index contributed by atoms with van der Waals surface area (Å²) in [5.41, 5.74) is 1.24. The number of rotatable bonds is 4. The van der Waals surface area contributed by atoms with E-state index in [1.807, 2.05) is 12.1 Å². The van der Waals surface area contributed by atoms with Gasteiger partial charge in [0.05, 0.1) is 17.6 Å². The number of likely N-dealkylation sites (tertiary alicyclic amines) is 1. The summed E-state index contributed by atoms with van der Waals surface area (Å²) >= 11 is 0. The second-order valence-electron chi connectivity index (χ2n) is 5.67. The minimum absolute atomic E-state index is 0.213. The highest BCUT2D eigenvalue weighted by atomic mass is 19.3. The molecular formula is C17H18F2N2O2. The van der Waals surface area contributed by atoms with Crippen LogP contribution < -0.4 is 0 Å². The van der Waals surface area contributed by atoms with Gasteiger partial charge in [0.1, 0.15) is 6.10 Å². The van der Waals surface area contributed by atoms with Gasteiger partial charge in [0.25, 0.3) is 6.43 Å². The zero-order valence-corrected chi connectivity index (χ0v) is 12.6. The van der Waals surface area contributed by atoms with E-state index in [0.717, 1.165) is 10.9 Å². The second-order valence-corrected chi connectivity index (χ2v) is 5.67. The summed E-state index contributed by atoms with van der Waals surface area (Å²) in [5, 5.41) is 0.759. The second kappa shape index (κ2) is 7.00. The minimum atomic E-state index is -2.32. The molecule has 122 valence electrons. The SMILES string of the molecule is O=C(OC1CCN(CC(F)F)CC1)c1cccc2ncccc12. The summed E-state index contributed by atoms with van der Waals surface area (Å²) in [7, 11) is 0. The lowest BCUT2D eigenvalue weighted by atomic mass is 10.1. The van der Waals surface area contributed by atoms with Crippen molar-refractivity contribution in [2.75, 3.05) is 19.6 Å². The van der Waals surface area contributed by atoms with Gasteiger partial charge in [-0.1, -0.05) is 12.1 Å². The molecule has 1 aromatic carbocycles. The van der Waals surface area contributed by atoms with Crippen molar-refractivity contribution >= 4 is 16.9 Å². The average Bonchev–Trinajstić information content (AvgIpc) is 2.55. The van der Waals surface area contributed by atoms with Gasteiger partial charge in [-0.15, -0.1) is 0 Å². The molecule has 1 saturated heterocycles. The van der Waals surface area contributed by atoms with Crippen molar-refractivity contribution in [3.63, 3.8) is 0 Å². The number of carbonyl (C=O) groups excluding carboxylic acids is 1.